The number of fused-ring (bicyclic) bond motifs is 2. The van der Waals surface area contributed by atoms with Crippen LogP contribution < -0.4 is 14.8 Å². The van der Waals surface area contributed by atoms with Crippen LogP contribution in [0.3, 0.4) is 0 Å². The van der Waals surface area contributed by atoms with Gasteiger partial charge in [-0.25, -0.2) is 14.5 Å². The number of carbonyl (C=O) groups excluding carboxylic acids is 1. The Kier molecular flexibility index (Phi) is 3.94. The Balaban J connectivity index is 1.35. The molecule has 4 aromatic rings. The van der Waals surface area contributed by atoms with Gasteiger partial charge in [0.15, 0.2) is 22.3 Å². The standard InChI is InChI=1S/C19H15N5O3S/c1-11-16(8-12-3-4-14-15(7-12)27-10-26-14)28-19(22-11)23-18(25)13-9-21-24-6-2-5-20-17(13)24/h2-7,9H,8,10H2,1H3,(H,22,23,25). The molecule has 140 valence electrons. The van der Waals surface area contributed by atoms with E-state index in [1.165, 1.54) is 17.5 Å². The molecule has 4 heterocycles. The third-order valence-corrected chi connectivity index (χ3v) is 5.51. The van der Waals surface area contributed by atoms with E-state index in [1.807, 2.05) is 25.1 Å². The number of benzene rings is 1. The highest BCUT2D eigenvalue weighted by atomic mass is 32.1. The fraction of sp³-hybridized carbons (Fsp3) is 0.158. The monoisotopic (exact) mass is 393 g/mol. The highest BCUT2D eigenvalue weighted by Gasteiger charge is 2.18. The normalized spacial score (nSPS) is 12.5. The Hall–Kier alpha value is -3.46. The van der Waals surface area contributed by atoms with Crippen molar-refractivity contribution in [3.63, 3.8) is 0 Å². The second kappa shape index (κ2) is 6.61. The summed E-state index contributed by atoms with van der Waals surface area (Å²) >= 11 is 1.46. The number of amides is 1. The summed E-state index contributed by atoms with van der Waals surface area (Å²) in [4.78, 5) is 22.4. The lowest BCUT2D eigenvalue weighted by Crippen LogP contribution is -2.11. The van der Waals surface area contributed by atoms with Gasteiger partial charge in [-0.05, 0) is 30.7 Å². The molecular weight excluding hydrogens is 378 g/mol. The number of aryl methyl sites for hydroxylation is 1. The van der Waals surface area contributed by atoms with Crippen LogP contribution in [-0.2, 0) is 6.42 Å². The van der Waals surface area contributed by atoms with Crippen LogP contribution in [-0.4, -0.2) is 32.3 Å². The number of hydrogen-bond donors (Lipinski definition) is 1. The summed E-state index contributed by atoms with van der Waals surface area (Å²) in [5.41, 5.74) is 2.90. The maximum atomic E-state index is 12.6. The second-order valence-electron chi connectivity index (χ2n) is 6.29. The van der Waals surface area contributed by atoms with Gasteiger partial charge in [0, 0.05) is 23.7 Å². The summed E-state index contributed by atoms with van der Waals surface area (Å²) in [6.07, 6.45) is 5.58. The van der Waals surface area contributed by atoms with Crippen molar-refractivity contribution in [3.05, 3.63) is 64.6 Å². The minimum absolute atomic E-state index is 0.257. The van der Waals surface area contributed by atoms with Crippen LogP contribution in [0.1, 0.15) is 26.5 Å². The predicted molar refractivity (Wildman–Crippen MR) is 103 cm³/mol. The highest BCUT2D eigenvalue weighted by molar-refractivity contribution is 7.15. The van der Waals surface area contributed by atoms with E-state index in [9.17, 15) is 4.79 Å². The lowest BCUT2D eigenvalue weighted by atomic mass is 10.1. The van der Waals surface area contributed by atoms with E-state index >= 15 is 0 Å². The topological polar surface area (TPSA) is 90.6 Å². The third kappa shape index (κ3) is 2.95. The molecule has 1 amide bonds. The van der Waals surface area contributed by atoms with Gasteiger partial charge in [0.25, 0.3) is 5.91 Å². The fourth-order valence-electron chi connectivity index (χ4n) is 3.03. The number of ether oxygens (including phenoxy) is 2. The molecule has 8 nitrogen and oxygen atoms in total. The Morgan fingerprint density at radius 1 is 1.32 bits per heavy atom. The molecule has 28 heavy (non-hydrogen) atoms. The number of anilines is 1. The van der Waals surface area contributed by atoms with E-state index in [2.05, 4.69) is 20.4 Å². The van der Waals surface area contributed by atoms with E-state index in [0.29, 0.717) is 22.8 Å². The molecule has 0 fully saturated rings. The summed E-state index contributed by atoms with van der Waals surface area (Å²) < 4.78 is 12.3. The lowest BCUT2D eigenvalue weighted by molar-refractivity contribution is 0.102. The third-order valence-electron chi connectivity index (χ3n) is 4.44. The second-order valence-corrected chi connectivity index (χ2v) is 7.38. The number of aromatic nitrogens is 4. The number of nitrogens with one attached hydrogen (secondary N) is 1. The van der Waals surface area contributed by atoms with Gasteiger partial charge in [0.2, 0.25) is 6.79 Å². The van der Waals surface area contributed by atoms with Crippen molar-refractivity contribution in [3.8, 4) is 11.5 Å². The number of hydrogen-bond acceptors (Lipinski definition) is 7. The number of rotatable bonds is 4. The zero-order chi connectivity index (χ0) is 19.1. The first-order valence-electron chi connectivity index (χ1n) is 8.62. The summed E-state index contributed by atoms with van der Waals surface area (Å²) in [6.45, 7) is 2.19. The van der Waals surface area contributed by atoms with Crippen molar-refractivity contribution in [1.82, 2.24) is 19.6 Å². The number of thiazole rings is 1. The van der Waals surface area contributed by atoms with Crippen LogP contribution in [0, 0.1) is 6.92 Å². The van der Waals surface area contributed by atoms with Crippen LogP contribution >= 0.6 is 11.3 Å². The Morgan fingerprint density at radius 2 is 2.21 bits per heavy atom. The van der Waals surface area contributed by atoms with Gasteiger partial charge in [0.1, 0.15) is 5.56 Å². The molecule has 0 unspecified atom stereocenters. The summed E-state index contributed by atoms with van der Waals surface area (Å²) in [5.74, 6) is 1.24. The van der Waals surface area contributed by atoms with E-state index in [0.717, 1.165) is 27.6 Å². The summed E-state index contributed by atoms with van der Waals surface area (Å²) in [5, 5.41) is 7.55. The van der Waals surface area contributed by atoms with Crippen molar-refractivity contribution in [2.24, 2.45) is 0 Å². The van der Waals surface area contributed by atoms with Crippen molar-refractivity contribution in [2.45, 2.75) is 13.3 Å². The molecular formula is C19H15N5O3S. The molecule has 3 aromatic heterocycles. The quantitative estimate of drug-likeness (QED) is 0.573. The highest BCUT2D eigenvalue weighted by Crippen LogP contribution is 2.34. The number of nitrogens with zero attached hydrogens (tertiary/aromatic N) is 4. The van der Waals surface area contributed by atoms with Gasteiger partial charge in [-0.3, -0.25) is 10.1 Å². The zero-order valence-corrected chi connectivity index (χ0v) is 15.7. The van der Waals surface area contributed by atoms with Crippen LogP contribution in [0.2, 0.25) is 0 Å². The van der Waals surface area contributed by atoms with E-state index in [-0.39, 0.29) is 12.7 Å². The molecule has 0 atom stereocenters. The first kappa shape index (κ1) is 16.7. The molecule has 1 aliphatic rings. The minimum Gasteiger partial charge on any atom is -0.454 e. The first-order chi connectivity index (χ1) is 13.7. The van der Waals surface area contributed by atoms with E-state index in [1.54, 1.807) is 23.0 Å². The Labute approximate surface area is 163 Å². The van der Waals surface area contributed by atoms with Crippen LogP contribution in [0.15, 0.2) is 42.9 Å². The van der Waals surface area contributed by atoms with Crippen LogP contribution in [0.4, 0.5) is 5.13 Å². The average molecular weight is 393 g/mol. The lowest BCUT2D eigenvalue weighted by Gasteiger charge is -2.02. The van der Waals surface area contributed by atoms with Crippen molar-refractivity contribution in [2.75, 3.05) is 12.1 Å². The van der Waals surface area contributed by atoms with Crippen molar-refractivity contribution >= 4 is 28.0 Å². The molecule has 1 N–H and O–H groups in total. The Bertz CT molecular complexity index is 1200. The minimum atomic E-state index is -0.280. The Morgan fingerprint density at radius 3 is 3.14 bits per heavy atom. The van der Waals surface area contributed by atoms with Crippen molar-refractivity contribution in [1.29, 1.82) is 0 Å². The molecule has 0 bridgehead atoms. The number of carbonyl (C=O) groups is 1. The van der Waals surface area contributed by atoms with Gasteiger partial charge < -0.3 is 9.47 Å². The SMILES string of the molecule is Cc1nc(NC(=O)c2cnn3cccnc23)sc1Cc1ccc2c(c1)OCO2. The zero-order valence-electron chi connectivity index (χ0n) is 14.9. The maximum Gasteiger partial charge on any atom is 0.262 e. The molecule has 0 aliphatic carbocycles. The molecule has 9 heteroatoms. The summed E-state index contributed by atoms with van der Waals surface area (Å²) in [6, 6.07) is 7.66. The van der Waals surface area contributed by atoms with Crippen LogP contribution in [0.5, 0.6) is 11.5 Å². The van der Waals surface area contributed by atoms with E-state index < -0.39 is 0 Å². The molecule has 0 saturated carbocycles. The van der Waals surface area contributed by atoms with Gasteiger partial charge >= 0.3 is 0 Å². The maximum absolute atomic E-state index is 12.6. The molecule has 0 radical (unpaired) electrons. The average Bonchev–Trinajstić information content (AvgIpc) is 3.40. The van der Waals surface area contributed by atoms with Gasteiger partial charge in [-0.1, -0.05) is 6.07 Å². The van der Waals surface area contributed by atoms with E-state index in [4.69, 9.17) is 9.47 Å². The molecule has 5 rings (SSSR count). The van der Waals surface area contributed by atoms with Gasteiger partial charge in [0.05, 0.1) is 11.9 Å². The summed E-state index contributed by atoms with van der Waals surface area (Å²) in [7, 11) is 0. The molecule has 1 aliphatic heterocycles. The smallest absolute Gasteiger partial charge is 0.262 e. The van der Waals surface area contributed by atoms with Crippen molar-refractivity contribution < 1.29 is 14.3 Å². The fourth-order valence-corrected chi connectivity index (χ4v) is 4.03. The largest absolute Gasteiger partial charge is 0.454 e. The predicted octanol–water partition coefficient (Wildman–Crippen LogP) is 3.07. The molecule has 0 spiro atoms. The first-order valence-corrected chi connectivity index (χ1v) is 9.43. The molecule has 1 aromatic carbocycles. The van der Waals surface area contributed by atoms with Gasteiger partial charge in [-0.2, -0.15) is 5.10 Å². The molecule has 0 saturated heterocycles. The van der Waals surface area contributed by atoms with Crippen LogP contribution in [0.25, 0.3) is 5.65 Å². The van der Waals surface area contributed by atoms with Gasteiger partial charge in [-0.15, -0.1) is 11.3 Å².